The lowest BCUT2D eigenvalue weighted by molar-refractivity contribution is -0.137. The second-order valence-electron chi connectivity index (χ2n) is 4.74. The van der Waals surface area contributed by atoms with Crippen molar-refractivity contribution in [3.8, 4) is 0 Å². The summed E-state index contributed by atoms with van der Waals surface area (Å²) in [6, 6.07) is 0. The van der Waals surface area contributed by atoms with Gasteiger partial charge in [0, 0.05) is 13.0 Å². The van der Waals surface area contributed by atoms with Crippen molar-refractivity contribution in [1.29, 1.82) is 0 Å². The molecule has 0 heterocycles. The Kier molecular flexibility index (Phi) is 13.6. The lowest BCUT2D eigenvalue weighted by Crippen LogP contribution is -1.93. The first-order chi connectivity index (χ1) is 8.77. The third-order valence-electron chi connectivity index (χ3n) is 2.97. The summed E-state index contributed by atoms with van der Waals surface area (Å²) in [6.45, 7) is 0.248. The van der Waals surface area contributed by atoms with Crippen molar-refractivity contribution in [3.63, 3.8) is 0 Å². The van der Waals surface area contributed by atoms with Crippen molar-refractivity contribution in [2.24, 2.45) is 0 Å². The molecule has 0 aliphatic heterocycles. The van der Waals surface area contributed by atoms with E-state index in [1.807, 2.05) is 6.08 Å². The summed E-state index contributed by atoms with van der Waals surface area (Å²) in [5.41, 5.74) is 0. The third-order valence-corrected chi connectivity index (χ3v) is 2.97. The molecule has 3 nitrogen and oxygen atoms in total. The molecule has 0 aromatic carbocycles. The van der Waals surface area contributed by atoms with Gasteiger partial charge in [0.1, 0.15) is 0 Å². The molecule has 0 amide bonds. The zero-order valence-corrected chi connectivity index (χ0v) is 11.4. The lowest BCUT2D eigenvalue weighted by atomic mass is 10.1. The van der Waals surface area contributed by atoms with Gasteiger partial charge in [0.2, 0.25) is 0 Å². The molecule has 0 fully saturated rings. The van der Waals surface area contributed by atoms with Crippen LogP contribution in [0.15, 0.2) is 12.2 Å². The topological polar surface area (TPSA) is 57.5 Å². The number of carboxylic acid groups (broad SMARTS) is 1. The van der Waals surface area contributed by atoms with Gasteiger partial charge in [-0.25, -0.2) is 0 Å². The average molecular weight is 256 g/mol. The number of hydrogen-bond acceptors (Lipinski definition) is 2. The fourth-order valence-electron chi connectivity index (χ4n) is 1.91. The molecule has 0 saturated carbocycles. The summed E-state index contributed by atoms with van der Waals surface area (Å²) in [4.78, 5) is 10.3. The molecular formula is C15H28O3. The van der Waals surface area contributed by atoms with Gasteiger partial charge in [-0.2, -0.15) is 0 Å². The molecule has 0 aromatic heterocycles. The van der Waals surface area contributed by atoms with Crippen LogP contribution in [0.4, 0.5) is 0 Å². The summed E-state index contributed by atoms with van der Waals surface area (Å²) >= 11 is 0. The average Bonchev–Trinajstić information content (AvgIpc) is 2.34. The van der Waals surface area contributed by atoms with Crippen molar-refractivity contribution in [2.45, 2.75) is 70.6 Å². The highest BCUT2D eigenvalue weighted by Gasteiger charge is 1.96. The highest BCUT2D eigenvalue weighted by atomic mass is 16.4. The summed E-state index contributed by atoms with van der Waals surface area (Å²) in [5, 5.41) is 17.0. The predicted molar refractivity (Wildman–Crippen MR) is 74.6 cm³/mol. The molecule has 0 radical (unpaired) electrons. The smallest absolute Gasteiger partial charge is 0.303 e. The number of aliphatic hydroxyl groups is 1. The van der Waals surface area contributed by atoms with E-state index in [0.29, 0.717) is 6.42 Å². The fraction of sp³-hybridized carbons (Fsp3) is 0.800. The minimum atomic E-state index is -0.677. The van der Waals surface area contributed by atoms with Crippen LogP contribution in [0.3, 0.4) is 0 Å². The molecule has 2 N–H and O–H groups in total. The fourth-order valence-corrected chi connectivity index (χ4v) is 1.91. The van der Waals surface area contributed by atoms with Crippen LogP contribution in [-0.4, -0.2) is 22.8 Å². The van der Waals surface area contributed by atoms with Crippen LogP contribution >= 0.6 is 0 Å². The zero-order chi connectivity index (χ0) is 13.5. The van der Waals surface area contributed by atoms with Crippen LogP contribution in [0.25, 0.3) is 0 Å². The molecule has 0 saturated heterocycles. The van der Waals surface area contributed by atoms with Crippen LogP contribution in [0.5, 0.6) is 0 Å². The van der Waals surface area contributed by atoms with E-state index < -0.39 is 5.97 Å². The molecular weight excluding hydrogens is 228 g/mol. The monoisotopic (exact) mass is 256 g/mol. The van der Waals surface area contributed by atoms with Gasteiger partial charge in [-0.05, 0) is 25.7 Å². The van der Waals surface area contributed by atoms with Crippen LogP contribution < -0.4 is 0 Å². The maximum absolute atomic E-state index is 10.3. The Morgan fingerprint density at radius 3 is 1.83 bits per heavy atom. The van der Waals surface area contributed by atoms with Gasteiger partial charge in [0.25, 0.3) is 0 Å². The van der Waals surface area contributed by atoms with Crippen molar-refractivity contribution >= 4 is 5.97 Å². The highest BCUT2D eigenvalue weighted by molar-refractivity contribution is 5.66. The molecule has 106 valence electrons. The lowest BCUT2D eigenvalue weighted by Gasteiger charge is -2.00. The summed E-state index contributed by atoms with van der Waals surface area (Å²) < 4.78 is 0. The largest absolute Gasteiger partial charge is 0.481 e. The van der Waals surface area contributed by atoms with Gasteiger partial charge in [0.05, 0.1) is 0 Å². The number of hydrogen-bond donors (Lipinski definition) is 2. The van der Waals surface area contributed by atoms with Gasteiger partial charge in [-0.15, -0.1) is 0 Å². The molecule has 0 atom stereocenters. The minimum Gasteiger partial charge on any atom is -0.481 e. The maximum atomic E-state index is 10.3. The summed E-state index contributed by atoms with van der Waals surface area (Å²) in [5.74, 6) is -0.677. The third kappa shape index (κ3) is 15.2. The molecule has 18 heavy (non-hydrogen) atoms. The predicted octanol–water partition coefficient (Wildman–Crippen LogP) is 3.91. The molecule has 0 rings (SSSR count). The van der Waals surface area contributed by atoms with Crippen LogP contribution in [0.1, 0.15) is 70.6 Å². The van der Waals surface area contributed by atoms with Crippen molar-refractivity contribution in [2.75, 3.05) is 6.61 Å². The zero-order valence-electron chi connectivity index (χ0n) is 11.4. The molecule has 0 spiro atoms. The standard InChI is InChI=1S/C15H28O3/c16-14-12-10-8-6-4-2-1-3-5-7-9-11-13-15(17)18/h8,10,16H,1-7,9,11-14H2,(H,17,18). The number of carboxylic acids is 1. The van der Waals surface area contributed by atoms with Gasteiger partial charge in [-0.3, -0.25) is 4.79 Å². The van der Waals surface area contributed by atoms with E-state index in [1.165, 1.54) is 38.5 Å². The first kappa shape index (κ1) is 17.2. The van der Waals surface area contributed by atoms with Gasteiger partial charge < -0.3 is 10.2 Å². The van der Waals surface area contributed by atoms with E-state index in [9.17, 15) is 4.79 Å². The van der Waals surface area contributed by atoms with E-state index in [4.69, 9.17) is 10.2 Å². The quantitative estimate of drug-likeness (QED) is 0.388. The van der Waals surface area contributed by atoms with Crippen LogP contribution in [0.2, 0.25) is 0 Å². The first-order valence-electron chi connectivity index (χ1n) is 7.25. The second kappa shape index (κ2) is 14.2. The van der Waals surface area contributed by atoms with Crippen molar-refractivity contribution in [3.05, 3.63) is 12.2 Å². The Balaban J connectivity index is 3.01. The summed E-state index contributed by atoms with van der Waals surface area (Å²) in [6.07, 6.45) is 15.8. The Morgan fingerprint density at radius 1 is 0.778 bits per heavy atom. The van der Waals surface area contributed by atoms with E-state index in [2.05, 4.69) is 6.08 Å². The minimum absolute atomic E-state index is 0.248. The molecule has 0 bridgehead atoms. The Hall–Kier alpha value is -0.830. The SMILES string of the molecule is O=C(O)CCCCCCCCCCC=CCCO. The van der Waals surface area contributed by atoms with Crippen LogP contribution in [0, 0.1) is 0 Å². The van der Waals surface area contributed by atoms with Crippen molar-refractivity contribution in [1.82, 2.24) is 0 Å². The van der Waals surface area contributed by atoms with E-state index >= 15 is 0 Å². The maximum Gasteiger partial charge on any atom is 0.303 e. The number of carbonyl (C=O) groups is 1. The van der Waals surface area contributed by atoms with E-state index in [0.717, 1.165) is 25.7 Å². The summed E-state index contributed by atoms with van der Waals surface area (Å²) in [7, 11) is 0. The van der Waals surface area contributed by atoms with Gasteiger partial charge >= 0.3 is 5.97 Å². The first-order valence-corrected chi connectivity index (χ1v) is 7.25. The highest BCUT2D eigenvalue weighted by Crippen LogP contribution is 2.10. The van der Waals surface area contributed by atoms with Gasteiger partial charge in [0.15, 0.2) is 0 Å². The number of aliphatic hydroxyl groups excluding tert-OH is 1. The Bertz CT molecular complexity index is 212. The molecule has 0 aliphatic carbocycles. The number of allylic oxidation sites excluding steroid dienone is 1. The van der Waals surface area contributed by atoms with Gasteiger partial charge in [-0.1, -0.05) is 50.7 Å². The second-order valence-corrected chi connectivity index (χ2v) is 4.74. The Morgan fingerprint density at radius 2 is 1.28 bits per heavy atom. The molecule has 0 aromatic rings. The van der Waals surface area contributed by atoms with E-state index in [-0.39, 0.29) is 6.61 Å². The Labute approximate surface area is 111 Å². The number of rotatable bonds is 13. The van der Waals surface area contributed by atoms with Crippen molar-refractivity contribution < 1.29 is 15.0 Å². The normalized spacial score (nSPS) is 11.2. The number of unbranched alkanes of at least 4 members (excludes halogenated alkanes) is 8. The molecule has 0 aliphatic rings. The molecule has 0 unspecified atom stereocenters. The van der Waals surface area contributed by atoms with E-state index in [1.54, 1.807) is 0 Å². The van der Waals surface area contributed by atoms with Crippen LogP contribution in [-0.2, 0) is 4.79 Å². The number of aliphatic carboxylic acids is 1. The molecule has 3 heteroatoms.